The number of amides is 1. The van der Waals surface area contributed by atoms with Crippen molar-refractivity contribution in [3.05, 3.63) is 102 Å². The molecule has 1 N–H and O–H groups in total. The second kappa shape index (κ2) is 11.6. The Morgan fingerprint density at radius 3 is 2.06 bits per heavy atom. The Kier molecular flexibility index (Phi) is 8.01. The molecule has 0 atom stereocenters. The Morgan fingerprint density at radius 1 is 0.844 bits per heavy atom. The summed E-state index contributed by atoms with van der Waals surface area (Å²) < 4.78 is 0. The molecule has 166 valence electrons. The van der Waals surface area contributed by atoms with Gasteiger partial charge in [-0.1, -0.05) is 66.7 Å². The number of nitrogens with zero attached hydrogens (tertiary/aromatic N) is 3. The molecular weight excluding hydrogens is 396 g/mol. The van der Waals surface area contributed by atoms with E-state index in [9.17, 15) is 4.79 Å². The van der Waals surface area contributed by atoms with Gasteiger partial charge in [0.05, 0.1) is 6.04 Å². The van der Waals surface area contributed by atoms with E-state index >= 15 is 0 Å². The standard InChI is InChI=1S/C27H32N4O/c32-26(29-17-14-25-13-7-8-16-28-25)15-18-30-19-21-31(22-20-30)27(23-9-3-1-4-10-23)24-11-5-2-6-12-24/h1-13,16,27H,14-15,17-22H2,(H,29,32). The zero-order valence-electron chi connectivity index (χ0n) is 18.6. The molecule has 4 rings (SSSR count). The number of nitrogens with one attached hydrogen (secondary N) is 1. The largest absolute Gasteiger partial charge is 0.356 e. The van der Waals surface area contributed by atoms with E-state index in [0.717, 1.165) is 44.8 Å². The van der Waals surface area contributed by atoms with Gasteiger partial charge in [0, 0.05) is 64.0 Å². The number of hydrogen-bond donors (Lipinski definition) is 1. The first-order chi connectivity index (χ1) is 15.8. The minimum atomic E-state index is 0.120. The van der Waals surface area contributed by atoms with Crippen molar-refractivity contribution in [3.8, 4) is 0 Å². The lowest BCUT2D eigenvalue weighted by atomic mass is 9.96. The maximum absolute atomic E-state index is 12.2. The predicted molar refractivity (Wildman–Crippen MR) is 128 cm³/mol. The van der Waals surface area contributed by atoms with Gasteiger partial charge in [-0.05, 0) is 23.3 Å². The van der Waals surface area contributed by atoms with Crippen LogP contribution < -0.4 is 5.32 Å². The fraction of sp³-hybridized carbons (Fsp3) is 0.333. The zero-order valence-corrected chi connectivity index (χ0v) is 18.6. The van der Waals surface area contributed by atoms with Crippen LogP contribution in [-0.2, 0) is 11.2 Å². The number of rotatable bonds is 9. The number of aromatic nitrogens is 1. The molecule has 3 aromatic rings. The molecule has 1 amide bonds. The highest BCUT2D eigenvalue weighted by atomic mass is 16.1. The lowest BCUT2D eigenvalue weighted by Gasteiger charge is -2.39. The first-order valence-electron chi connectivity index (χ1n) is 11.5. The summed E-state index contributed by atoms with van der Waals surface area (Å²) in [5.41, 5.74) is 3.68. The summed E-state index contributed by atoms with van der Waals surface area (Å²) in [4.78, 5) is 21.5. The molecule has 32 heavy (non-hydrogen) atoms. The summed E-state index contributed by atoms with van der Waals surface area (Å²) in [5, 5.41) is 3.02. The molecule has 0 saturated carbocycles. The lowest BCUT2D eigenvalue weighted by molar-refractivity contribution is -0.121. The van der Waals surface area contributed by atoms with Crippen molar-refractivity contribution < 1.29 is 4.79 Å². The number of pyridine rings is 1. The third-order valence-corrected chi connectivity index (χ3v) is 6.09. The average Bonchev–Trinajstić information content (AvgIpc) is 2.86. The molecular formula is C27H32N4O. The third-order valence-electron chi connectivity index (χ3n) is 6.09. The number of hydrogen-bond acceptors (Lipinski definition) is 4. The summed E-state index contributed by atoms with van der Waals surface area (Å²) in [6.07, 6.45) is 3.10. The van der Waals surface area contributed by atoms with Gasteiger partial charge in [-0.3, -0.25) is 14.7 Å². The van der Waals surface area contributed by atoms with E-state index in [1.165, 1.54) is 11.1 Å². The van der Waals surface area contributed by atoms with E-state index in [1.807, 2.05) is 18.2 Å². The van der Waals surface area contributed by atoms with Gasteiger partial charge in [-0.2, -0.15) is 0 Å². The molecule has 5 heteroatoms. The van der Waals surface area contributed by atoms with Crippen molar-refractivity contribution in [2.24, 2.45) is 0 Å². The number of piperazine rings is 1. The molecule has 1 saturated heterocycles. The molecule has 1 fully saturated rings. The van der Waals surface area contributed by atoms with Crippen molar-refractivity contribution in [1.82, 2.24) is 20.1 Å². The van der Waals surface area contributed by atoms with Gasteiger partial charge in [0.1, 0.15) is 0 Å². The van der Waals surface area contributed by atoms with Gasteiger partial charge in [0.15, 0.2) is 0 Å². The molecule has 1 aliphatic heterocycles. The van der Waals surface area contributed by atoms with E-state index in [-0.39, 0.29) is 11.9 Å². The SMILES string of the molecule is O=C(CCN1CCN(C(c2ccccc2)c2ccccc2)CC1)NCCc1ccccn1. The van der Waals surface area contributed by atoms with Crippen LogP contribution in [-0.4, -0.2) is 60.0 Å². The van der Waals surface area contributed by atoms with Gasteiger partial charge in [-0.15, -0.1) is 0 Å². The first-order valence-corrected chi connectivity index (χ1v) is 11.5. The highest BCUT2D eigenvalue weighted by molar-refractivity contribution is 5.76. The van der Waals surface area contributed by atoms with Crippen molar-refractivity contribution in [3.63, 3.8) is 0 Å². The summed E-state index contributed by atoms with van der Waals surface area (Å²) in [7, 11) is 0. The topological polar surface area (TPSA) is 48.5 Å². The minimum absolute atomic E-state index is 0.120. The van der Waals surface area contributed by atoms with E-state index in [0.29, 0.717) is 13.0 Å². The Balaban J connectivity index is 1.24. The van der Waals surface area contributed by atoms with Crippen LogP contribution in [0, 0.1) is 0 Å². The zero-order chi connectivity index (χ0) is 22.0. The van der Waals surface area contributed by atoms with Crippen LogP contribution in [0.2, 0.25) is 0 Å². The molecule has 0 spiro atoms. The van der Waals surface area contributed by atoms with Gasteiger partial charge in [0.2, 0.25) is 5.91 Å². The Morgan fingerprint density at radius 2 is 1.47 bits per heavy atom. The van der Waals surface area contributed by atoms with E-state index in [2.05, 4.69) is 80.8 Å². The quantitative estimate of drug-likeness (QED) is 0.566. The Labute approximate surface area is 191 Å². The molecule has 2 aromatic carbocycles. The molecule has 1 aromatic heterocycles. The number of carbonyl (C=O) groups excluding carboxylic acids is 1. The second-order valence-corrected chi connectivity index (χ2v) is 8.27. The van der Waals surface area contributed by atoms with Crippen LogP contribution in [0.5, 0.6) is 0 Å². The smallest absolute Gasteiger partial charge is 0.221 e. The average molecular weight is 429 g/mol. The van der Waals surface area contributed by atoms with Gasteiger partial charge >= 0.3 is 0 Å². The summed E-state index contributed by atoms with van der Waals surface area (Å²) in [6, 6.07) is 27.7. The van der Waals surface area contributed by atoms with Crippen LogP contribution >= 0.6 is 0 Å². The molecule has 0 aliphatic carbocycles. The second-order valence-electron chi connectivity index (χ2n) is 8.27. The van der Waals surface area contributed by atoms with Crippen molar-refractivity contribution in [2.45, 2.75) is 18.9 Å². The van der Waals surface area contributed by atoms with E-state index in [4.69, 9.17) is 0 Å². The highest BCUT2D eigenvalue weighted by Crippen LogP contribution is 2.29. The van der Waals surface area contributed by atoms with Crippen molar-refractivity contribution >= 4 is 5.91 Å². The van der Waals surface area contributed by atoms with Crippen molar-refractivity contribution in [1.29, 1.82) is 0 Å². The summed E-state index contributed by atoms with van der Waals surface area (Å²) in [5.74, 6) is 0.120. The highest BCUT2D eigenvalue weighted by Gasteiger charge is 2.26. The van der Waals surface area contributed by atoms with Gasteiger partial charge in [0.25, 0.3) is 0 Å². The molecule has 0 radical (unpaired) electrons. The van der Waals surface area contributed by atoms with Gasteiger partial charge in [-0.25, -0.2) is 0 Å². The minimum Gasteiger partial charge on any atom is -0.356 e. The van der Waals surface area contributed by atoms with Crippen LogP contribution in [0.3, 0.4) is 0 Å². The number of benzene rings is 2. The first kappa shape index (κ1) is 22.2. The molecule has 2 heterocycles. The number of carbonyl (C=O) groups is 1. The monoisotopic (exact) mass is 428 g/mol. The molecule has 5 nitrogen and oxygen atoms in total. The molecule has 0 bridgehead atoms. The van der Waals surface area contributed by atoms with E-state index < -0.39 is 0 Å². The van der Waals surface area contributed by atoms with Gasteiger partial charge < -0.3 is 10.2 Å². The Bertz CT molecular complexity index is 902. The van der Waals surface area contributed by atoms with E-state index in [1.54, 1.807) is 6.20 Å². The predicted octanol–water partition coefficient (Wildman–Crippen LogP) is 3.54. The van der Waals surface area contributed by atoms with Crippen molar-refractivity contribution in [2.75, 3.05) is 39.3 Å². The lowest BCUT2D eigenvalue weighted by Crippen LogP contribution is -2.48. The Hall–Kier alpha value is -3.02. The fourth-order valence-corrected chi connectivity index (χ4v) is 4.35. The normalized spacial score (nSPS) is 15.0. The fourth-order valence-electron chi connectivity index (χ4n) is 4.35. The third kappa shape index (κ3) is 6.25. The molecule has 0 unspecified atom stereocenters. The van der Waals surface area contributed by atoms with Crippen LogP contribution in [0.15, 0.2) is 85.1 Å². The molecule has 1 aliphatic rings. The summed E-state index contributed by atoms with van der Waals surface area (Å²) >= 11 is 0. The maximum atomic E-state index is 12.2. The van der Waals surface area contributed by atoms with Crippen LogP contribution in [0.4, 0.5) is 0 Å². The van der Waals surface area contributed by atoms with Crippen LogP contribution in [0.1, 0.15) is 29.3 Å². The van der Waals surface area contributed by atoms with Crippen LogP contribution in [0.25, 0.3) is 0 Å². The summed E-state index contributed by atoms with van der Waals surface area (Å²) in [6.45, 7) is 5.41. The maximum Gasteiger partial charge on any atom is 0.221 e.